The highest BCUT2D eigenvalue weighted by atomic mass is 32.1. The number of carbonyl (C=O) groups excluding carboxylic acids is 2. The summed E-state index contributed by atoms with van der Waals surface area (Å²) in [7, 11) is 1.60. The van der Waals surface area contributed by atoms with Gasteiger partial charge in [0.25, 0.3) is 0 Å². The summed E-state index contributed by atoms with van der Waals surface area (Å²) in [5.74, 6) is 0.284. The number of esters is 1. The number of hydrogen-bond acceptors (Lipinski definition) is 6. The van der Waals surface area contributed by atoms with E-state index in [0.717, 1.165) is 18.5 Å². The number of ether oxygens (including phenoxy) is 2. The molecule has 3 heterocycles. The molecule has 0 saturated carbocycles. The van der Waals surface area contributed by atoms with E-state index in [1.165, 1.54) is 10.4 Å². The van der Waals surface area contributed by atoms with Gasteiger partial charge >= 0.3 is 12.0 Å². The monoisotopic (exact) mass is 441 g/mol. The maximum absolute atomic E-state index is 13.0. The van der Waals surface area contributed by atoms with E-state index in [9.17, 15) is 9.59 Å². The first kappa shape index (κ1) is 21.4. The molecule has 0 radical (unpaired) electrons. The van der Waals surface area contributed by atoms with E-state index >= 15 is 0 Å². The summed E-state index contributed by atoms with van der Waals surface area (Å²) in [5.41, 5.74) is 3.15. The van der Waals surface area contributed by atoms with Gasteiger partial charge in [0, 0.05) is 29.7 Å². The van der Waals surface area contributed by atoms with Crippen LogP contribution in [-0.4, -0.2) is 43.7 Å². The van der Waals surface area contributed by atoms with Crippen LogP contribution in [0.5, 0.6) is 5.75 Å². The van der Waals surface area contributed by atoms with Crippen LogP contribution in [0, 0.1) is 0 Å². The van der Waals surface area contributed by atoms with E-state index in [-0.39, 0.29) is 18.7 Å². The van der Waals surface area contributed by atoms with Crippen LogP contribution in [0.25, 0.3) is 0 Å². The van der Waals surface area contributed by atoms with Gasteiger partial charge in [-0.2, -0.15) is 0 Å². The maximum atomic E-state index is 13.0. The Morgan fingerprint density at radius 2 is 2.03 bits per heavy atom. The Kier molecular flexibility index (Phi) is 6.29. The van der Waals surface area contributed by atoms with Gasteiger partial charge in [-0.05, 0) is 55.0 Å². The highest BCUT2D eigenvalue weighted by Crippen LogP contribution is 2.35. The molecule has 0 spiro atoms. The zero-order valence-corrected chi connectivity index (χ0v) is 18.8. The van der Waals surface area contributed by atoms with Crippen molar-refractivity contribution in [1.82, 2.24) is 15.5 Å². The summed E-state index contributed by atoms with van der Waals surface area (Å²) >= 11 is 1.79. The zero-order chi connectivity index (χ0) is 22.0. The largest absolute Gasteiger partial charge is 0.497 e. The van der Waals surface area contributed by atoms with E-state index in [1.807, 2.05) is 24.3 Å². The molecule has 2 atom stereocenters. The van der Waals surface area contributed by atoms with Gasteiger partial charge in [0.15, 0.2) is 0 Å². The van der Waals surface area contributed by atoms with Gasteiger partial charge in [-0.1, -0.05) is 12.1 Å². The first-order valence-corrected chi connectivity index (χ1v) is 11.3. The number of nitrogens with one attached hydrogen (secondary N) is 2. The Balaban J connectivity index is 1.70. The number of amides is 2. The molecule has 1 aromatic heterocycles. The second kappa shape index (κ2) is 9.11. The Bertz CT molecular complexity index is 999. The predicted octanol–water partition coefficient (Wildman–Crippen LogP) is 3.55. The minimum atomic E-state index is -0.592. The number of benzene rings is 1. The number of nitrogens with zero attached hydrogens (tertiary/aromatic N) is 1. The summed E-state index contributed by atoms with van der Waals surface area (Å²) in [5, 5.41) is 7.89. The van der Waals surface area contributed by atoms with E-state index in [4.69, 9.17) is 9.47 Å². The molecule has 0 saturated heterocycles. The molecule has 0 bridgehead atoms. The lowest BCUT2D eigenvalue weighted by molar-refractivity contribution is -0.139. The molecular weight excluding hydrogens is 414 g/mol. The van der Waals surface area contributed by atoms with Gasteiger partial charge in [0.2, 0.25) is 0 Å². The molecule has 7 nitrogen and oxygen atoms in total. The van der Waals surface area contributed by atoms with Crippen molar-refractivity contribution < 1.29 is 19.1 Å². The standard InChI is InChI=1S/C23H27N3O4S/c1-4-30-22(27)20-18(13-26-11-9-19-17(14(26)2)10-12-31-19)24-23(28)25-21(20)15-5-7-16(29-3)8-6-15/h5-8,10,12,14,21H,4,9,11,13H2,1-3H3,(H2,24,25,28). The van der Waals surface area contributed by atoms with Gasteiger partial charge in [0.05, 0.1) is 25.3 Å². The third kappa shape index (κ3) is 4.31. The lowest BCUT2D eigenvalue weighted by Gasteiger charge is -2.37. The van der Waals surface area contributed by atoms with Gasteiger partial charge in [-0.3, -0.25) is 4.90 Å². The van der Waals surface area contributed by atoms with Crippen LogP contribution in [0.15, 0.2) is 47.0 Å². The second-order valence-electron chi connectivity index (χ2n) is 7.61. The van der Waals surface area contributed by atoms with Crippen molar-refractivity contribution in [2.24, 2.45) is 0 Å². The molecular formula is C23H27N3O4S. The summed E-state index contributed by atoms with van der Waals surface area (Å²) in [6, 6.07) is 8.79. The quantitative estimate of drug-likeness (QED) is 0.671. The Morgan fingerprint density at radius 1 is 1.26 bits per heavy atom. The summed E-state index contributed by atoms with van der Waals surface area (Å²) in [6.45, 7) is 5.53. The Labute approximate surface area is 186 Å². The summed E-state index contributed by atoms with van der Waals surface area (Å²) < 4.78 is 10.6. The van der Waals surface area contributed by atoms with Crippen molar-refractivity contribution in [2.75, 3.05) is 26.8 Å². The highest BCUT2D eigenvalue weighted by Gasteiger charge is 2.35. The molecule has 8 heteroatoms. The van der Waals surface area contributed by atoms with Crippen LogP contribution in [-0.2, 0) is 16.0 Å². The second-order valence-corrected chi connectivity index (χ2v) is 8.61. The average molecular weight is 442 g/mol. The van der Waals surface area contributed by atoms with E-state index < -0.39 is 12.0 Å². The first-order chi connectivity index (χ1) is 15.0. The number of fused-ring (bicyclic) bond motifs is 1. The normalized spacial score (nSPS) is 21.2. The molecule has 2 aliphatic heterocycles. The fourth-order valence-corrected chi connectivity index (χ4v) is 5.18. The number of urea groups is 1. The summed E-state index contributed by atoms with van der Waals surface area (Å²) in [6.07, 6.45) is 0.966. The predicted molar refractivity (Wildman–Crippen MR) is 119 cm³/mol. The molecule has 2 aromatic rings. The van der Waals surface area contributed by atoms with E-state index in [0.29, 0.717) is 23.6 Å². The van der Waals surface area contributed by atoms with Crippen LogP contribution in [0.1, 0.15) is 41.9 Å². The highest BCUT2D eigenvalue weighted by molar-refractivity contribution is 7.10. The van der Waals surface area contributed by atoms with Crippen molar-refractivity contribution in [3.05, 3.63) is 63.0 Å². The van der Waals surface area contributed by atoms with Crippen LogP contribution in [0.4, 0.5) is 4.79 Å². The maximum Gasteiger partial charge on any atom is 0.338 e. The molecule has 2 unspecified atom stereocenters. The van der Waals surface area contributed by atoms with Crippen LogP contribution >= 0.6 is 11.3 Å². The number of methoxy groups -OCH3 is 1. The summed E-state index contributed by atoms with van der Waals surface area (Å²) in [4.78, 5) is 29.2. The fourth-order valence-electron chi connectivity index (χ4n) is 4.22. The van der Waals surface area contributed by atoms with Crippen LogP contribution < -0.4 is 15.4 Å². The minimum Gasteiger partial charge on any atom is -0.497 e. The fraction of sp³-hybridized carbons (Fsp3) is 0.391. The molecule has 0 fully saturated rings. The van der Waals surface area contributed by atoms with Gasteiger partial charge in [-0.15, -0.1) is 11.3 Å². The van der Waals surface area contributed by atoms with Crippen molar-refractivity contribution in [1.29, 1.82) is 0 Å². The van der Waals surface area contributed by atoms with E-state index in [1.54, 1.807) is 25.4 Å². The Morgan fingerprint density at radius 3 is 2.74 bits per heavy atom. The number of rotatable bonds is 6. The molecule has 2 aliphatic rings. The van der Waals surface area contributed by atoms with Gasteiger partial charge in [-0.25, -0.2) is 9.59 Å². The van der Waals surface area contributed by atoms with Crippen molar-refractivity contribution in [2.45, 2.75) is 32.4 Å². The minimum absolute atomic E-state index is 0.206. The molecule has 1 aromatic carbocycles. The van der Waals surface area contributed by atoms with Crippen LogP contribution in [0.3, 0.4) is 0 Å². The third-order valence-corrected chi connectivity index (χ3v) is 6.86. The lowest BCUT2D eigenvalue weighted by atomic mass is 9.94. The average Bonchev–Trinajstić information content (AvgIpc) is 3.25. The zero-order valence-electron chi connectivity index (χ0n) is 17.9. The number of thiophene rings is 1. The van der Waals surface area contributed by atoms with E-state index in [2.05, 4.69) is 33.9 Å². The molecule has 0 aliphatic carbocycles. The topological polar surface area (TPSA) is 79.9 Å². The van der Waals surface area contributed by atoms with Crippen LogP contribution in [0.2, 0.25) is 0 Å². The SMILES string of the molecule is CCOC(=O)C1=C(CN2CCc3sccc3C2C)NC(=O)NC1c1ccc(OC)cc1. The third-order valence-electron chi connectivity index (χ3n) is 5.86. The molecule has 164 valence electrons. The first-order valence-electron chi connectivity index (χ1n) is 10.4. The van der Waals surface area contributed by atoms with Crippen molar-refractivity contribution in [3.8, 4) is 5.75 Å². The molecule has 2 N–H and O–H groups in total. The molecule has 4 rings (SSSR count). The molecule has 2 amide bonds. The number of carbonyl (C=O) groups is 2. The molecule has 31 heavy (non-hydrogen) atoms. The van der Waals surface area contributed by atoms with Crippen molar-refractivity contribution in [3.63, 3.8) is 0 Å². The van der Waals surface area contributed by atoms with Gasteiger partial charge in [0.1, 0.15) is 5.75 Å². The lowest BCUT2D eigenvalue weighted by Crippen LogP contribution is -2.49. The number of hydrogen-bond donors (Lipinski definition) is 2. The van der Waals surface area contributed by atoms with Crippen molar-refractivity contribution >= 4 is 23.3 Å². The van der Waals surface area contributed by atoms with Gasteiger partial charge < -0.3 is 20.1 Å². The Hall–Kier alpha value is -2.84. The smallest absolute Gasteiger partial charge is 0.338 e.